The molecule has 1 aliphatic rings. The first-order valence-electron chi connectivity index (χ1n) is 12.6. The Hall–Kier alpha value is -5.09. The fourth-order valence-corrected chi connectivity index (χ4v) is 3.57. The van der Waals surface area contributed by atoms with Gasteiger partial charge in [0.05, 0.1) is 24.9 Å². The largest absolute Gasteiger partial charge is 0.462 e. The summed E-state index contributed by atoms with van der Waals surface area (Å²) in [4.78, 5) is 13.0. The third-order valence-electron chi connectivity index (χ3n) is 5.76. The summed E-state index contributed by atoms with van der Waals surface area (Å²) in [7, 11) is 0. The Kier molecular flexibility index (Phi) is 9.68. The fourth-order valence-electron chi connectivity index (χ4n) is 3.57. The molecule has 1 fully saturated rings. The number of hydrogen-bond acceptors (Lipinski definition) is 9. The molecule has 1 atom stereocenters. The molecule has 1 aromatic carbocycles. The van der Waals surface area contributed by atoms with Crippen LogP contribution >= 0.6 is 0 Å². The Bertz CT molecular complexity index is 1510. The number of nitrogens with zero attached hydrogens (tertiary/aromatic N) is 6. The summed E-state index contributed by atoms with van der Waals surface area (Å²) >= 11 is 0. The van der Waals surface area contributed by atoms with Crippen LogP contribution in [0.2, 0.25) is 0 Å². The van der Waals surface area contributed by atoms with Crippen LogP contribution in [-0.2, 0) is 9.47 Å². The van der Waals surface area contributed by atoms with Crippen molar-refractivity contribution in [1.29, 1.82) is 10.5 Å². The average molecular weight is 517 g/mol. The molecule has 1 unspecified atom stereocenters. The van der Waals surface area contributed by atoms with Crippen LogP contribution < -0.4 is 0 Å². The minimum atomic E-state index is -0.488. The van der Waals surface area contributed by atoms with Crippen molar-refractivity contribution >= 4 is 5.97 Å². The van der Waals surface area contributed by atoms with Gasteiger partial charge in [-0.2, -0.15) is 10.5 Å². The zero-order valence-corrected chi connectivity index (χ0v) is 21.2. The van der Waals surface area contributed by atoms with Crippen LogP contribution in [0.25, 0.3) is 0 Å². The van der Waals surface area contributed by atoms with E-state index in [0.29, 0.717) is 35.2 Å². The molecule has 0 saturated carbocycles. The molecule has 0 N–H and O–H groups in total. The summed E-state index contributed by atoms with van der Waals surface area (Å²) < 4.78 is 10.8. The van der Waals surface area contributed by atoms with E-state index >= 15 is 0 Å². The van der Waals surface area contributed by atoms with E-state index in [1.165, 1.54) is 12.1 Å². The molecule has 0 radical (unpaired) electrons. The standard InChI is InChI=1S/C30H24N6O3/c31-19-26-15-13-24(33-35-26)11-8-22-7-9-23(10-12-25-14-16-27(20-32)36-34-25)29(18-22)30(37)38-17-5-3-1-2-4-6-28-21-39-28/h7,9,13-16,18,28H,1-6,17,21H2. The van der Waals surface area contributed by atoms with E-state index in [1.54, 1.807) is 30.3 Å². The first-order chi connectivity index (χ1) is 19.1. The SMILES string of the molecule is N#Cc1ccc(C#Cc2ccc(C#Cc3ccc(C#N)nn3)c(C(=O)OCCCCCCCC3CO3)c2)nn1. The second-order valence-corrected chi connectivity index (χ2v) is 8.74. The van der Waals surface area contributed by atoms with Crippen LogP contribution in [0.5, 0.6) is 0 Å². The van der Waals surface area contributed by atoms with Crippen molar-refractivity contribution in [3.8, 4) is 35.8 Å². The molecule has 39 heavy (non-hydrogen) atoms. The van der Waals surface area contributed by atoms with E-state index in [-0.39, 0.29) is 17.0 Å². The van der Waals surface area contributed by atoms with Gasteiger partial charge in [0.25, 0.3) is 0 Å². The Morgan fingerprint density at radius 1 is 0.795 bits per heavy atom. The molecule has 0 aliphatic carbocycles. The number of benzene rings is 1. The number of unbranched alkanes of at least 4 members (excludes halogenated alkanes) is 4. The zero-order chi connectivity index (χ0) is 27.3. The number of esters is 1. The lowest BCUT2D eigenvalue weighted by atomic mass is 10.0. The maximum Gasteiger partial charge on any atom is 0.339 e. The maximum absolute atomic E-state index is 13.0. The van der Waals surface area contributed by atoms with Crippen molar-refractivity contribution < 1.29 is 14.3 Å². The molecule has 4 rings (SSSR count). The molecule has 3 aromatic rings. The molecule has 0 amide bonds. The van der Waals surface area contributed by atoms with Crippen LogP contribution in [0.3, 0.4) is 0 Å². The highest BCUT2D eigenvalue weighted by molar-refractivity contribution is 5.93. The summed E-state index contributed by atoms with van der Waals surface area (Å²) in [5.41, 5.74) is 2.46. The van der Waals surface area contributed by atoms with Crippen LogP contribution in [0.4, 0.5) is 0 Å². The Morgan fingerprint density at radius 2 is 1.38 bits per heavy atom. The summed E-state index contributed by atoms with van der Waals surface area (Å²) in [6, 6.07) is 15.1. The van der Waals surface area contributed by atoms with Crippen LogP contribution in [0, 0.1) is 46.3 Å². The first kappa shape index (κ1) is 27.0. The van der Waals surface area contributed by atoms with Gasteiger partial charge in [-0.3, -0.25) is 0 Å². The lowest BCUT2D eigenvalue weighted by Gasteiger charge is -2.07. The van der Waals surface area contributed by atoms with Gasteiger partial charge in [-0.05, 0) is 67.1 Å². The van der Waals surface area contributed by atoms with E-state index < -0.39 is 5.97 Å². The Balaban J connectivity index is 1.44. The van der Waals surface area contributed by atoms with E-state index in [1.807, 2.05) is 12.1 Å². The van der Waals surface area contributed by atoms with Gasteiger partial charge >= 0.3 is 5.97 Å². The highest BCUT2D eigenvalue weighted by Gasteiger charge is 2.20. The van der Waals surface area contributed by atoms with Crippen molar-refractivity contribution in [2.45, 2.75) is 44.6 Å². The van der Waals surface area contributed by atoms with Gasteiger partial charge in [0.2, 0.25) is 0 Å². The molecule has 9 nitrogen and oxygen atoms in total. The molecule has 1 aliphatic heterocycles. The fraction of sp³-hybridized carbons (Fsp3) is 0.300. The normalized spacial score (nSPS) is 13.0. The second-order valence-electron chi connectivity index (χ2n) is 8.74. The lowest BCUT2D eigenvalue weighted by Crippen LogP contribution is -2.09. The molecule has 0 spiro atoms. The van der Waals surface area contributed by atoms with Gasteiger partial charge in [0.1, 0.15) is 23.5 Å². The smallest absolute Gasteiger partial charge is 0.339 e. The van der Waals surface area contributed by atoms with E-state index in [0.717, 1.165) is 45.1 Å². The number of rotatable bonds is 9. The molecule has 0 bridgehead atoms. The van der Waals surface area contributed by atoms with Gasteiger partial charge < -0.3 is 9.47 Å². The van der Waals surface area contributed by atoms with Crippen LogP contribution in [0.1, 0.15) is 82.8 Å². The molecule has 2 aromatic heterocycles. The predicted molar refractivity (Wildman–Crippen MR) is 140 cm³/mol. The quantitative estimate of drug-likeness (QED) is 0.180. The molecular formula is C30H24N6O3. The van der Waals surface area contributed by atoms with Crippen LogP contribution in [-0.4, -0.2) is 45.7 Å². The van der Waals surface area contributed by atoms with Gasteiger partial charge in [-0.25, -0.2) is 4.79 Å². The van der Waals surface area contributed by atoms with E-state index in [9.17, 15) is 4.79 Å². The number of ether oxygens (including phenoxy) is 2. The number of epoxide rings is 1. The number of carbonyl (C=O) groups excluding carboxylic acids is 1. The number of hydrogen-bond donors (Lipinski definition) is 0. The summed E-state index contributed by atoms with van der Waals surface area (Å²) in [6.07, 6.45) is 6.78. The second kappa shape index (κ2) is 14.0. The molecule has 3 heterocycles. The highest BCUT2D eigenvalue weighted by atomic mass is 16.6. The molecule has 9 heteroatoms. The summed E-state index contributed by atoms with van der Waals surface area (Å²) in [5.74, 6) is 11.2. The molecule has 1 saturated heterocycles. The van der Waals surface area contributed by atoms with E-state index in [4.69, 9.17) is 20.0 Å². The van der Waals surface area contributed by atoms with E-state index in [2.05, 4.69) is 44.1 Å². The number of aromatic nitrogens is 4. The minimum absolute atomic E-state index is 0.191. The summed E-state index contributed by atoms with van der Waals surface area (Å²) in [5, 5.41) is 33.1. The molecule has 192 valence electrons. The van der Waals surface area contributed by atoms with Crippen molar-refractivity contribution in [3.05, 3.63) is 81.9 Å². The third-order valence-corrected chi connectivity index (χ3v) is 5.76. The van der Waals surface area contributed by atoms with Crippen LogP contribution in [0.15, 0.2) is 42.5 Å². The topological polar surface area (TPSA) is 138 Å². The highest BCUT2D eigenvalue weighted by Crippen LogP contribution is 2.18. The number of nitriles is 2. The zero-order valence-electron chi connectivity index (χ0n) is 21.2. The van der Waals surface area contributed by atoms with Crippen molar-refractivity contribution in [3.63, 3.8) is 0 Å². The average Bonchev–Trinajstić information content (AvgIpc) is 3.81. The third kappa shape index (κ3) is 8.76. The maximum atomic E-state index is 13.0. The van der Waals surface area contributed by atoms with Crippen molar-refractivity contribution in [2.24, 2.45) is 0 Å². The molecular weight excluding hydrogens is 492 g/mol. The Morgan fingerprint density at radius 3 is 2.00 bits per heavy atom. The predicted octanol–water partition coefficient (Wildman–Crippen LogP) is 3.71. The first-order valence-corrected chi connectivity index (χ1v) is 12.6. The van der Waals surface area contributed by atoms with Gasteiger partial charge in [-0.1, -0.05) is 37.5 Å². The van der Waals surface area contributed by atoms with Gasteiger partial charge in [-0.15, -0.1) is 20.4 Å². The van der Waals surface area contributed by atoms with Gasteiger partial charge in [0, 0.05) is 11.1 Å². The Labute approximate surface area is 226 Å². The van der Waals surface area contributed by atoms with Crippen molar-refractivity contribution in [1.82, 2.24) is 20.4 Å². The monoisotopic (exact) mass is 516 g/mol. The number of carbonyl (C=O) groups is 1. The van der Waals surface area contributed by atoms with Crippen molar-refractivity contribution in [2.75, 3.05) is 13.2 Å². The summed E-state index contributed by atoms with van der Waals surface area (Å²) in [6.45, 7) is 1.22. The minimum Gasteiger partial charge on any atom is -0.462 e. The van der Waals surface area contributed by atoms with Gasteiger partial charge in [0.15, 0.2) is 11.4 Å². The lowest BCUT2D eigenvalue weighted by molar-refractivity contribution is 0.0497.